The van der Waals surface area contributed by atoms with Gasteiger partial charge in [0.05, 0.1) is 15.8 Å². The summed E-state index contributed by atoms with van der Waals surface area (Å²) < 4.78 is 25.4. The van der Waals surface area contributed by atoms with Gasteiger partial charge in [0.15, 0.2) is 16.6 Å². The maximum Gasteiger partial charge on any atom is 0.301 e. The van der Waals surface area contributed by atoms with Crippen molar-refractivity contribution in [1.82, 2.24) is 4.98 Å². The summed E-state index contributed by atoms with van der Waals surface area (Å²) in [7, 11) is 0. The molecule has 2 aliphatic heterocycles. The quantitative estimate of drug-likeness (QED) is 0.248. The molecule has 0 radical (unpaired) electrons. The van der Waals surface area contributed by atoms with E-state index in [1.165, 1.54) is 34.4 Å². The first kappa shape index (κ1) is 20.8. The summed E-state index contributed by atoms with van der Waals surface area (Å²) in [4.78, 5) is 32.9. The van der Waals surface area contributed by atoms with E-state index in [9.17, 15) is 19.1 Å². The number of rotatable bonds is 3. The van der Waals surface area contributed by atoms with Crippen molar-refractivity contribution < 1.29 is 28.6 Å². The average molecular weight is 495 g/mol. The van der Waals surface area contributed by atoms with Gasteiger partial charge in [-0.3, -0.25) is 14.5 Å². The third-order valence-electron chi connectivity index (χ3n) is 5.62. The van der Waals surface area contributed by atoms with Crippen LogP contribution in [0.1, 0.15) is 16.5 Å². The number of Topliss-reactive ketones (excluding diaryl/α,β-unsaturated/α-hetero) is 1. The fourth-order valence-corrected chi connectivity index (χ4v) is 5.92. The lowest BCUT2D eigenvalue weighted by atomic mass is 9.99. The van der Waals surface area contributed by atoms with E-state index in [1.54, 1.807) is 30.3 Å². The smallest absolute Gasteiger partial charge is 0.301 e. The number of thiazole rings is 1. The van der Waals surface area contributed by atoms with Gasteiger partial charge in [-0.2, -0.15) is 0 Å². The molecule has 1 fully saturated rings. The molecule has 1 N–H and O–H groups in total. The van der Waals surface area contributed by atoms with Gasteiger partial charge in [0.25, 0.3) is 5.78 Å². The average Bonchev–Trinajstić information content (AvgIpc) is 3.57. The van der Waals surface area contributed by atoms with Gasteiger partial charge >= 0.3 is 5.91 Å². The second-order valence-electron chi connectivity index (χ2n) is 7.65. The first-order chi connectivity index (χ1) is 16.5. The molecular weight excluding hydrogens is 479 g/mol. The van der Waals surface area contributed by atoms with Crippen molar-refractivity contribution in [3.05, 3.63) is 75.7 Å². The van der Waals surface area contributed by atoms with Crippen LogP contribution in [0.15, 0.2) is 59.5 Å². The molecule has 0 saturated carbocycles. The van der Waals surface area contributed by atoms with Crippen LogP contribution in [0.3, 0.4) is 0 Å². The van der Waals surface area contributed by atoms with E-state index >= 15 is 0 Å². The number of halogens is 1. The minimum absolute atomic E-state index is 0.0467. The van der Waals surface area contributed by atoms with Crippen molar-refractivity contribution >= 4 is 55.5 Å². The van der Waals surface area contributed by atoms with Crippen molar-refractivity contribution in [3.8, 4) is 11.5 Å². The van der Waals surface area contributed by atoms with E-state index in [4.69, 9.17) is 9.47 Å². The molecule has 4 heterocycles. The molecule has 1 amide bonds. The molecule has 0 bridgehead atoms. The van der Waals surface area contributed by atoms with Gasteiger partial charge in [-0.1, -0.05) is 17.4 Å². The lowest BCUT2D eigenvalue weighted by Crippen LogP contribution is -2.28. The Morgan fingerprint density at radius 2 is 1.91 bits per heavy atom. The second-order valence-corrected chi connectivity index (χ2v) is 9.64. The molecule has 1 atom stereocenters. The molecule has 1 saturated heterocycles. The Balaban J connectivity index is 1.52. The number of aliphatic hydroxyl groups excluding tert-OH is 1. The Hall–Kier alpha value is -3.76. The number of hydrogen-bond acceptors (Lipinski definition) is 8. The highest BCUT2D eigenvalue weighted by Gasteiger charge is 2.48. The molecule has 10 heteroatoms. The van der Waals surface area contributed by atoms with Crippen molar-refractivity contribution in [2.24, 2.45) is 0 Å². The maximum atomic E-state index is 13.7. The Kier molecular flexibility index (Phi) is 4.85. The Morgan fingerprint density at radius 1 is 1.09 bits per heavy atom. The first-order valence-corrected chi connectivity index (χ1v) is 12.0. The van der Waals surface area contributed by atoms with Crippen LogP contribution in [0.5, 0.6) is 11.5 Å². The zero-order valence-corrected chi connectivity index (χ0v) is 19.0. The molecule has 1 unspecified atom stereocenters. The fourth-order valence-electron chi connectivity index (χ4n) is 4.08. The Morgan fingerprint density at radius 3 is 2.71 bits per heavy atom. The third-order valence-corrected chi connectivity index (χ3v) is 7.56. The topological polar surface area (TPSA) is 89.0 Å². The number of nitrogens with zero attached hydrogens (tertiary/aromatic N) is 2. The molecule has 6 rings (SSSR count). The molecule has 0 aliphatic carbocycles. The summed E-state index contributed by atoms with van der Waals surface area (Å²) in [6.45, 7) is 0.795. The molecular formula is C24H15FN2O5S2. The van der Waals surface area contributed by atoms with Crippen LogP contribution in [-0.2, 0) is 9.59 Å². The van der Waals surface area contributed by atoms with E-state index in [1.807, 2.05) is 5.38 Å². The first-order valence-electron chi connectivity index (χ1n) is 10.3. The number of benzene rings is 2. The summed E-state index contributed by atoms with van der Waals surface area (Å²) in [6, 6.07) is 11.7. The maximum absolute atomic E-state index is 13.7. The van der Waals surface area contributed by atoms with Crippen molar-refractivity contribution in [2.75, 3.05) is 18.1 Å². The molecule has 0 spiro atoms. The van der Waals surface area contributed by atoms with Gasteiger partial charge in [-0.25, -0.2) is 9.37 Å². The molecule has 170 valence electrons. The highest BCUT2D eigenvalue weighted by Crippen LogP contribution is 2.46. The SMILES string of the molecule is O=C1C(=O)N(c2nc3ccc(F)cc3s2)C(c2cccs2)/C1=C(\O)c1ccc2c(c1)OCCO2. The van der Waals surface area contributed by atoms with Crippen LogP contribution in [0, 0.1) is 5.82 Å². The zero-order chi connectivity index (χ0) is 23.4. The van der Waals surface area contributed by atoms with Crippen molar-refractivity contribution in [2.45, 2.75) is 6.04 Å². The molecule has 34 heavy (non-hydrogen) atoms. The van der Waals surface area contributed by atoms with E-state index < -0.39 is 23.5 Å². The largest absolute Gasteiger partial charge is 0.507 e. The monoisotopic (exact) mass is 494 g/mol. The van der Waals surface area contributed by atoms with E-state index in [0.717, 1.165) is 11.3 Å². The summed E-state index contributed by atoms with van der Waals surface area (Å²) >= 11 is 2.46. The molecule has 2 aliphatic rings. The zero-order valence-electron chi connectivity index (χ0n) is 17.4. The third kappa shape index (κ3) is 3.25. The van der Waals surface area contributed by atoms with Crippen LogP contribution < -0.4 is 14.4 Å². The number of thiophene rings is 1. The normalized spacial score (nSPS) is 19.2. The predicted molar refractivity (Wildman–Crippen MR) is 126 cm³/mol. The number of ketones is 1. The van der Waals surface area contributed by atoms with Gasteiger partial charge in [0.2, 0.25) is 0 Å². The summed E-state index contributed by atoms with van der Waals surface area (Å²) in [5.74, 6) is -1.38. The van der Waals surface area contributed by atoms with Crippen LogP contribution >= 0.6 is 22.7 Å². The number of fused-ring (bicyclic) bond motifs is 2. The number of amides is 1. The summed E-state index contributed by atoms with van der Waals surface area (Å²) in [5, 5.41) is 13.3. The molecule has 7 nitrogen and oxygen atoms in total. The van der Waals surface area contributed by atoms with Gasteiger partial charge in [-0.15, -0.1) is 11.3 Å². The number of ether oxygens (including phenoxy) is 2. The standard InChI is InChI=1S/C24H15FN2O5S2/c25-13-4-5-14-18(11-13)34-24(26-14)27-20(17-2-1-9-33-17)19(22(29)23(27)30)21(28)12-3-6-15-16(10-12)32-8-7-31-15/h1-6,9-11,20,28H,7-8H2/b21-19+. The van der Waals surface area contributed by atoms with Crippen molar-refractivity contribution in [1.29, 1.82) is 0 Å². The van der Waals surface area contributed by atoms with Gasteiger partial charge < -0.3 is 14.6 Å². The van der Waals surface area contributed by atoms with Crippen LogP contribution in [0.4, 0.5) is 9.52 Å². The molecule has 4 aromatic rings. The van der Waals surface area contributed by atoms with Gasteiger partial charge in [0.1, 0.15) is 30.8 Å². The highest BCUT2D eigenvalue weighted by atomic mass is 32.1. The van der Waals surface area contributed by atoms with E-state index in [2.05, 4.69) is 4.98 Å². The van der Waals surface area contributed by atoms with Gasteiger partial charge in [-0.05, 0) is 47.8 Å². The van der Waals surface area contributed by atoms with Crippen LogP contribution in [0.25, 0.3) is 16.0 Å². The fraction of sp³-hybridized carbons (Fsp3) is 0.125. The minimum atomic E-state index is -0.876. The summed E-state index contributed by atoms with van der Waals surface area (Å²) in [6.07, 6.45) is 0. The lowest BCUT2D eigenvalue weighted by molar-refractivity contribution is -0.132. The molecule has 2 aromatic carbocycles. The van der Waals surface area contributed by atoms with Crippen LogP contribution in [-0.4, -0.2) is 35.0 Å². The summed E-state index contributed by atoms with van der Waals surface area (Å²) in [5.41, 5.74) is 0.796. The predicted octanol–water partition coefficient (Wildman–Crippen LogP) is 4.89. The highest BCUT2D eigenvalue weighted by molar-refractivity contribution is 7.22. The van der Waals surface area contributed by atoms with Crippen molar-refractivity contribution in [3.63, 3.8) is 0 Å². The Labute approximate surface area is 200 Å². The van der Waals surface area contributed by atoms with E-state index in [0.29, 0.717) is 45.4 Å². The van der Waals surface area contributed by atoms with E-state index in [-0.39, 0.29) is 16.5 Å². The number of anilines is 1. The lowest BCUT2D eigenvalue weighted by Gasteiger charge is -2.22. The molecule has 2 aromatic heterocycles. The number of aromatic nitrogens is 1. The number of carbonyl (C=O) groups is 2. The number of aliphatic hydroxyl groups is 1. The Bertz CT molecular complexity index is 1490. The van der Waals surface area contributed by atoms with Crippen LogP contribution in [0.2, 0.25) is 0 Å². The van der Waals surface area contributed by atoms with Gasteiger partial charge in [0, 0.05) is 10.4 Å². The minimum Gasteiger partial charge on any atom is -0.507 e. The number of carbonyl (C=O) groups excluding carboxylic acids is 2. The number of hydrogen-bond donors (Lipinski definition) is 1. The second kappa shape index (κ2) is 7.93.